The van der Waals surface area contributed by atoms with Crippen LogP contribution in [0.15, 0.2) is 35.3 Å². The monoisotopic (exact) mass is 504 g/mol. The van der Waals surface area contributed by atoms with Gasteiger partial charge in [-0.25, -0.2) is 4.39 Å². The highest BCUT2D eigenvalue weighted by Crippen LogP contribution is 2.72. The second-order valence-corrected chi connectivity index (χ2v) is 11.0. The molecule has 1 saturated heterocycles. The average Bonchev–Trinajstić information content (AvgIpc) is 3.76. The van der Waals surface area contributed by atoms with Gasteiger partial charge in [0.15, 0.2) is 0 Å². The van der Waals surface area contributed by atoms with Gasteiger partial charge in [0.2, 0.25) is 0 Å². The number of carbonyl (C=O) groups excluding carboxylic acids is 1. The van der Waals surface area contributed by atoms with Crippen LogP contribution in [0.25, 0.3) is 0 Å². The third kappa shape index (κ3) is 3.90. The number of halogens is 4. The Kier molecular flexibility index (Phi) is 5.10. The molecule has 1 aromatic heterocycles. The summed E-state index contributed by atoms with van der Waals surface area (Å²) in [6.45, 7) is 3.33. The van der Waals surface area contributed by atoms with E-state index < -0.39 is 29.5 Å². The molecule has 1 aliphatic heterocycles. The zero-order valence-electron chi connectivity index (χ0n) is 20.0. The number of hydrogen-bond acceptors (Lipinski definition) is 4. The van der Waals surface area contributed by atoms with Crippen LogP contribution in [0.4, 0.5) is 23.2 Å². The highest BCUT2D eigenvalue weighted by Gasteiger charge is 2.64. The molecule has 6 nitrogen and oxygen atoms in total. The Balaban J connectivity index is 1.28. The predicted octanol–water partition coefficient (Wildman–Crippen LogP) is 4.19. The number of amides is 1. The van der Waals surface area contributed by atoms with Crippen molar-refractivity contribution in [3.63, 3.8) is 0 Å². The third-order valence-corrected chi connectivity index (χ3v) is 8.55. The highest BCUT2D eigenvalue weighted by atomic mass is 19.4. The fourth-order valence-corrected chi connectivity index (χ4v) is 6.10. The first kappa shape index (κ1) is 23.5. The van der Waals surface area contributed by atoms with Crippen LogP contribution in [0.3, 0.4) is 0 Å². The van der Waals surface area contributed by atoms with Crippen LogP contribution in [0.2, 0.25) is 0 Å². The first-order valence-electron chi connectivity index (χ1n) is 12.4. The van der Waals surface area contributed by atoms with Gasteiger partial charge in [-0.05, 0) is 56.6 Å². The van der Waals surface area contributed by atoms with E-state index in [-0.39, 0.29) is 34.2 Å². The summed E-state index contributed by atoms with van der Waals surface area (Å²) < 4.78 is 55.8. The third-order valence-electron chi connectivity index (χ3n) is 8.55. The van der Waals surface area contributed by atoms with Gasteiger partial charge in [-0.2, -0.15) is 13.2 Å². The SMILES string of the molecule is C[C@@H](NC(=O)c1cn([C@@H]2CC23CC3)c(=O)cc1NC1[C@H]2CN(C)C[C@@H]12)c1cccc(C(F)(F)F)c1F. The molecule has 1 unspecified atom stereocenters. The lowest BCUT2D eigenvalue weighted by Gasteiger charge is -2.21. The van der Waals surface area contributed by atoms with Crippen molar-refractivity contribution in [2.24, 2.45) is 17.3 Å². The van der Waals surface area contributed by atoms with Gasteiger partial charge < -0.3 is 20.1 Å². The minimum Gasteiger partial charge on any atom is -0.381 e. The fourth-order valence-electron chi connectivity index (χ4n) is 6.10. The van der Waals surface area contributed by atoms with E-state index in [1.54, 1.807) is 10.8 Å². The molecule has 6 rings (SSSR count). The molecule has 2 aromatic rings. The number of piperidine rings is 1. The van der Waals surface area contributed by atoms with E-state index in [2.05, 4.69) is 22.6 Å². The van der Waals surface area contributed by atoms with Gasteiger partial charge in [0.25, 0.3) is 11.5 Å². The highest BCUT2D eigenvalue weighted by molar-refractivity contribution is 5.99. The summed E-state index contributed by atoms with van der Waals surface area (Å²) in [5.41, 5.74) is -0.958. The Morgan fingerprint density at radius 1 is 1.19 bits per heavy atom. The number of carbonyl (C=O) groups is 1. The largest absolute Gasteiger partial charge is 0.419 e. The summed E-state index contributed by atoms with van der Waals surface area (Å²) in [5.74, 6) is -1.07. The second-order valence-electron chi connectivity index (χ2n) is 11.0. The van der Waals surface area contributed by atoms with Crippen LogP contribution in [0.1, 0.15) is 59.8 Å². The Morgan fingerprint density at radius 3 is 2.50 bits per heavy atom. The molecule has 4 aliphatic rings. The number of aromatic nitrogens is 1. The van der Waals surface area contributed by atoms with Gasteiger partial charge >= 0.3 is 6.18 Å². The molecule has 192 valence electrons. The lowest BCUT2D eigenvalue weighted by Crippen LogP contribution is -2.32. The van der Waals surface area contributed by atoms with Crippen molar-refractivity contribution in [3.05, 3.63) is 63.3 Å². The van der Waals surface area contributed by atoms with Crippen molar-refractivity contribution in [2.75, 3.05) is 25.5 Å². The van der Waals surface area contributed by atoms with Crippen molar-refractivity contribution in [1.82, 2.24) is 14.8 Å². The van der Waals surface area contributed by atoms with E-state index in [0.29, 0.717) is 23.6 Å². The summed E-state index contributed by atoms with van der Waals surface area (Å²) in [5, 5.41) is 6.04. The van der Waals surface area contributed by atoms with Crippen molar-refractivity contribution >= 4 is 11.6 Å². The number of likely N-dealkylation sites (tertiary alicyclic amines) is 1. The molecule has 1 aromatic carbocycles. The average molecular weight is 505 g/mol. The molecule has 2 N–H and O–H groups in total. The smallest absolute Gasteiger partial charge is 0.381 e. The minimum absolute atomic E-state index is 0.0675. The fraction of sp³-hybridized carbons (Fsp3) is 0.538. The summed E-state index contributed by atoms with van der Waals surface area (Å²) in [4.78, 5) is 28.6. The van der Waals surface area contributed by atoms with Crippen LogP contribution in [0, 0.1) is 23.1 Å². The zero-order chi connectivity index (χ0) is 25.6. The Labute approximate surface area is 205 Å². The molecule has 1 amide bonds. The quantitative estimate of drug-likeness (QED) is 0.579. The summed E-state index contributed by atoms with van der Waals surface area (Å²) in [6.07, 6.45) is -0.230. The number of nitrogens with zero attached hydrogens (tertiary/aromatic N) is 2. The molecule has 3 aliphatic carbocycles. The van der Waals surface area contributed by atoms with Gasteiger partial charge in [0, 0.05) is 43.0 Å². The van der Waals surface area contributed by atoms with Gasteiger partial charge in [-0.1, -0.05) is 12.1 Å². The zero-order valence-corrected chi connectivity index (χ0v) is 20.0. The Morgan fingerprint density at radius 2 is 1.89 bits per heavy atom. The number of nitrogens with one attached hydrogen (secondary N) is 2. The van der Waals surface area contributed by atoms with Crippen molar-refractivity contribution < 1.29 is 22.4 Å². The molecule has 0 radical (unpaired) electrons. The van der Waals surface area contributed by atoms with E-state index in [9.17, 15) is 27.2 Å². The van der Waals surface area contributed by atoms with E-state index >= 15 is 0 Å². The molecular weight excluding hydrogens is 476 g/mol. The van der Waals surface area contributed by atoms with Gasteiger partial charge in [-0.3, -0.25) is 9.59 Å². The molecule has 5 atom stereocenters. The predicted molar refractivity (Wildman–Crippen MR) is 125 cm³/mol. The molecule has 4 fully saturated rings. The van der Waals surface area contributed by atoms with E-state index in [1.165, 1.54) is 19.1 Å². The Bertz CT molecular complexity index is 1290. The van der Waals surface area contributed by atoms with E-state index in [0.717, 1.165) is 38.4 Å². The van der Waals surface area contributed by atoms with Crippen LogP contribution >= 0.6 is 0 Å². The maximum absolute atomic E-state index is 14.7. The summed E-state index contributed by atoms with van der Waals surface area (Å²) in [6, 6.07) is 3.71. The van der Waals surface area contributed by atoms with E-state index in [1.807, 2.05) is 0 Å². The molecule has 3 saturated carbocycles. The first-order valence-corrected chi connectivity index (χ1v) is 12.4. The summed E-state index contributed by atoms with van der Waals surface area (Å²) >= 11 is 0. The van der Waals surface area contributed by atoms with Gasteiger partial charge in [-0.15, -0.1) is 0 Å². The van der Waals surface area contributed by atoms with Crippen LogP contribution < -0.4 is 16.2 Å². The maximum Gasteiger partial charge on any atom is 0.419 e. The van der Waals surface area contributed by atoms with Gasteiger partial charge in [0.1, 0.15) is 5.82 Å². The van der Waals surface area contributed by atoms with Gasteiger partial charge in [0.05, 0.1) is 22.9 Å². The molecular formula is C26H28F4N4O2. The lowest BCUT2D eigenvalue weighted by molar-refractivity contribution is -0.140. The van der Waals surface area contributed by atoms with Crippen LogP contribution in [-0.4, -0.2) is 41.6 Å². The van der Waals surface area contributed by atoms with Crippen molar-refractivity contribution in [1.29, 1.82) is 0 Å². The minimum atomic E-state index is -4.84. The number of rotatable bonds is 6. The topological polar surface area (TPSA) is 66.4 Å². The number of benzene rings is 1. The summed E-state index contributed by atoms with van der Waals surface area (Å²) in [7, 11) is 2.06. The lowest BCUT2D eigenvalue weighted by atomic mass is 10.0. The number of pyridine rings is 1. The first-order chi connectivity index (χ1) is 17.0. The molecule has 0 bridgehead atoms. The molecule has 2 heterocycles. The molecule has 1 spiro atoms. The number of anilines is 1. The van der Waals surface area contributed by atoms with Crippen molar-refractivity contribution in [3.8, 4) is 0 Å². The molecule has 36 heavy (non-hydrogen) atoms. The van der Waals surface area contributed by atoms with E-state index in [4.69, 9.17) is 0 Å². The normalized spacial score (nSPS) is 28.5. The Hall–Kier alpha value is -2.88. The number of alkyl halides is 3. The van der Waals surface area contributed by atoms with Crippen molar-refractivity contribution in [2.45, 2.75) is 50.5 Å². The van der Waals surface area contributed by atoms with Crippen LogP contribution in [-0.2, 0) is 6.18 Å². The van der Waals surface area contributed by atoms with Crippen LogP contribution in [0.5, 0.6) is 0 Å². The maximum atomic E-state index is 14.7. The standard InChI is InChI=1S/C26H28F4N4O2/c1-13(14-4-3-5-18(22(14)27)26(28,29)30)31-24(36)17-12-34(20-9-25(20)6-7-25)21(35)8-19(17)32-23-15-10-33(2)11-16(15)23/h3-5,8,12-13,15-16,20,23,32H,6-7,9-11H2,1-2H3,(H,31,36)/t13-,15-,16+,20-,23?/m1/s1. The second kappa shape index (κ2) is 7.81. The number of fused-ring (bicyclic) bond motifs is 1. The number of hydrogen-bond donors (Lipinski definition) is 2. The molecule has 10 heteroatoms.